The van der Waals surface area contributed by atoms with Crippen molar-refractivity contribution < 1.29 is 14.4 Å². The summed E-state index contributed by atoms with van der Waals surface area (Å²) in [5, 5.41) is 13.9. The number of ether oxygens (including phenoxy) is 1. The van der Waals surface area contributed by atoms with E-state index < -0.39 is 5.60 Å². The summed E-state index contributed by atoms with van der Waals surface area (Å²) >= 11 is 0. The summed E-state index contributed by atoms with van der Waals surface area (Å²) < 4.78 is 10.9. The van der Waals surface area contributed by atoms with Gasteiger partial charge in [-0.2, -0.15) is 4.98 Å². The Bertz CT molecular complexity index is 433. The van der Waals surface area contributed by atoms with E-state index in [1.54, 1.807) is 6.92 Å². The molecule has 0 radical (unpaired) electrons. The molecule has 0 saturated carbocycles. The van der Waals surface area contributed by atoms with Crippen LogP contribution < -0.4 is 5.73 Å². The molecule has 0 aromatic carbocycles. The maximum atomic E-state index is 9.92. The lowest BCUT2D eigenvalue weighted by atomic mass is 10.0. The fourth-order valence-electron chi connectivity index (χ4n) is 2.16. The van der Waals surface area contributed by atoms with Gasteiger partial charge in [-0.3, -0.25) is 4.90 Å². The van der Waals surface area contributed by atoms with Crippen molar-refractivity contribution in [3.05, 3.63) is 11.7 Å². The standard InChI is InChI=1S/C13H24N4O3/c1-9(2)17-4-5-19-10(7-17)12-15-11(20-16-12)6-13(3,18)8-14/h9-10,18H,4-8,14H2,1-3H3. The van der Waals surface area contributed by atoms with Crippen molar-refractivity contribution in [1.82, 2.24) is 15.0 Å². The number of nitrogens with zero attached hydrogens (tertiary/aromatic N) is 3. The van der Waals surface area contributed by atoms with Crippen molar-refractivity contribution in [2.24, 2.45) is 5.73 Å². The van der Waals surface area contributed by atoms with E-state index in [2.05, 4.69) is 28.9 Å². The van der Waals surface area contributed by atoms with Crippen LogP contribution in [0.2, 0.25) is 0 Å². The van der Waals surface area contributed by atoms with Gasteiger partial charge in [-0.25, -0.2) is 0 Å². The highest BCUT2D eigenvalue weighted by molar-refractivity contribution is 4.97. The molecule has 0 bridgehead atoms. The first kappa shape index (κ1) is 15.4. The molecule has 2 atom stereocenters. The van der Waals surface area contributed by atoms with Gasteiger partial charge >= 0.3 is 0 Å². The van der Waals surface area contributed by atoms with Gasteiger partial charge in [0.15, 0.2) is 0 Å². The fourth-order valence-corrected chi connectivity index (χ4v) is 2.16. The molecule has 1 aromatic rings. The lowest BCUT2D eigenvalue weighted by Gasteiger charge is -2.34. The molecule has 0 spiro atoms. The highest BCUT2D eigenvalue weighted by Crippen LogP contribution is 2.22. The minimum Gasteiger partial charge on any atom is -0.388 e. The molecular weight excluding hydrogens is 260 g/mol. The number of aromatic nitrogens is 2. The summed E-state index contributed by atoms with van der Waals surface area (Å²) in [7, 11) is 0. The first-order valence-corrected chi connectivity index (χ1v) is 7.02. The summed E-state index contributed by atoms with van der Waals surface area (Å²) in [5.41, 5.74) is 4.46. The Morgan fingerprint density at radius 3 is 2.95 bits per heavy atom. The van der Waals surface area contributed by atoms with E-state index in [4.69, 9.17) is 15.0 Å². The SMILES string of the molecule is CC(C)N1CCOC(c2noc(CC(C)(O)CN)n2)C1. The van der Waals surface area contributed by atoms with Crippen molar-refractivity contribution in [1.29, 1.82) is 0 Å². The van der Waals surface area contributed by atoms with Crippen LogP contribution in [-0.4, -0.2) is 58.0 Å². The van der Waals surface area contributed by atoms with Crippen molar-refractivity contribution in [2.45, 2.75) is 44.9 Å². The van der Waals surface area contributed by atoms with Crippen molar-refractivity contribution in [3.63, 3.8) is 0 Å². The van der Waals surface area contributed by atoms with Crippen LogP contribution in [0.15, 0.2) is 4.52 Å². The van der Waals surface area contributed by atoms with E-state index in [1.165, 1.54) is 0 Å². The largest absolute Gasteiger partial charge is 0.388 e. The quantitative estimate of drug-likeness (QED) is 0.791. The second kappa shape index (κ2) is 6.17. The van der Waals surface area contributed by atoms with Crippen LogP contribution in [0.3, 0.4) is 0 Å². The zero-order valence-electron chi connectivity index (χ0n) is 12.4. The van der Waals surface area contributed by atoms with Gasteiger partial charge in [0.25, 0.3) is 0 Å². The van der Waals surface area contributed by atoms with Gasteiger partial charge in [-0.05, 0) is 20.8 Å². The van der Waals surface area contributed by atoms with Crippen LogP contribution in [0.5, 0.6) is 0 Å². The first-order valence-electron chi connectivity index (χ1n) is 7.02. The molecule has 2 heterocycles. The van der Waals surface area contributed by atoms with Crippen LogP contribution in [0, 0.1) is 0 Å². The maximum absolute atomic E-state index is 9.92. The van der Waals surface area contributed by atoms with Crippen LogP contribution in [-0.2, 0) is 11.2 Å². The average Bonchev–Trinajstić information content (AvgIpc) is 2.86. The number of aliphatic hydroxyl groups is 1. The van der Waals surface area contributed by atoms with Gasteiger partial charge in [0.2, 0.25) is 11.7 Å². The monoisotopic (exact) mass is 284 g/mol. The van der Waals surface area contributed by atoms with E-state index in [0.717, 1.165) is 13.1 Å². The average molecular weight is 284 g/mol. The van der Waals surface area contributed by atoms with Crippen LogP contribution in [0.1, 0.15) is 38.6 Å². The first-order chi connectivity index (χ1) is 9.41. The number of morpholine rings is 1. The Balaban J connectivity index is 2.01. The molecule has 2 rings (SSSR count). The summed E-state index contributed by atoms with van der Waals surface area (Å²) in [6.07, 6.45) is 0.0726. The Morgan fingerprint density at radius 2 is 2.30 bits per heavy atom. The van der Waals surface area contributed by atoms with Gasteiger partial charge < -0.3 is 20.1 Å². The highest BCUT2D eigenvalue weighted by Gasteiger charge is 2.29. The zero-order valence-corrected chi connectivity index (χ0v) is 12.4. The van der Waals surface area contributed by atoms with Gasteiger partial charge in [-0.15, -0.1) is 0 Å². The Kier molecular flexibility index (Phi) is 4.74. The van der Waals surface area contributed by atoms with Gasteiger partial charge in [0.1, 0.15) is 6.10 Å². The second-order valence-electron chi connectivity index (χ2n) is 5.87. The van der Waals surface area contributed by atoms with E-state index in [1.807, 2.05) is 0 Å². The number of hydrogen-bond donors (Lipinski definition) is 2. The molecule has 1 fully saturated rings. The molecule has 20 heavy (non-hydrogen) atoms. The third-order valence-corrected chi connectivity index (χ3v) is 3.57. The number of nitrogens with two attached hydrogens (primary N) is 1. The minimum absolute atomic E-state index is 0.145. The van der Waals surface area contributed by atoms with Crippen LogP contribution in [0.25, 0.3) is 0 Å². The van der Waals surface area contributed by atoms with Crippen molar-refractivity contribution in [3.8, 4) is 0 Å². The molecule has 1 saturated heterocycles. The molecule has 1 aliphatic heterocycles. The Labute approximate surface area is 119 Å². The summed E-state index contributed by atoms with van der Waals surface area (Å²) in [6.45, 7) is 8.43. The summed E-state index contributed by atoms with van der Waals surface area (Å²) in [5.74, 6) is 0.930. The van der Waals surface area contributed by atoms with Crippen molar-refractivity contribution >= 4 is 0 Å². The molecule has 2 unspecified atom stereocenters. The molecule has 0 amide bonds. The van der Waals surface area contributed by atoms with E-state index in [0.29, 0.717) is 24.4 Å². The molecule has 1 aromatic heterocycles. The maximum Gasteiger partial charge on any atom is 0.229 e. The van der Waals surface area contributed by atoms with Crippen LogP contribution in [0.4, 0.5) is 0 Å². The second-order valence-corrected chi connectivity index (χ2v) is 5.87. The predicted molar refractivity (Wildman–Crippen MR) is 73.1 cm³/mol. The van der Waals surface area contributed by atoms with Gasteiger partial charge in [-0.1, -0.05) is 5.16 Å². The molecule has 1 aliphatic rings. The third kappa shape index (κ3) is 3.76. The van der Waals surface area contributed by atoms with Gasteiger partial charge in [0, 0.05) is 25.7 Å². The molecule has 3 N–H and O–H groups in total. The number of hydrogen-bond acceptors (Lipinski definition) is 7. The lowest BCUT2D eigenvalue weighted by molar-refractivity contribution is -0.0450. The van der Waals surface area contributed by atoms with Crippen LogP contribution >= 0.6 is 0 Å². The molecular formula is C13H24N4O3. The van der Waals surface area contributed by atoms with E-state index in [-0.39, 0.29) is 19.1 Å². The summed E-state index contributed by atoms with van der Waals surface area (Å²) in [4.78, 5) is 6.64. The van der Waals surface area contributed by atoms with Gasteiger partial charge in [0.05, 0.1) is 18.6 Å². The topological polar surface area (TPSA) is 97.6 Å². The molecule has 7 heteroatoms. The van der Waals surface area contributed by atoms with E-state index in [9.17, 15) is 5.11 Å². The fraction of sp³-hybridized carbons (Fsp3) is 0.846. The Hall–Kier alpha value is -1.02. The molecule has 114 valence electrons. The minimum atomic E-state index is -1.03. The summed E-state index contributed by atoms with van der Waals surface area (Å²) in [6, 6.07) is 0.464. The zero-order chi connectivity index (χ0) is 14.8. The number of rotatable bonds is 5. The Morgan fingerprint density at radius 1 is 1.55 bits per heavy atom. The third-order valence-electron chi connectivity index (χ3n) is 3.57. The van der Waals surface area contributed by atoms with E-state index >= 15 is 0 Å². The predicted octanol–water partition coefficient (Wildman–Crippen LogP) is 0.104. The molecule has 7 nitrogen and oxygen atoms in total. The smallest absolute Gasteiger partial charge is 0.229 e. The highest BCUT2D eigenvalue weighted by atomic mass is 16.5. The normalized spacial score (nSPS) is 24.0. The van der Waals surface area contributed by atoms with Crippen molar-refractivity contribution in [2.75, 3.05) is 26.2 Å². The lowest BCUT2D eigenvalue weighted by Crippen LogP contribution is -2.42. The molecule has 0 aliphatic carbocycles.